The number of hydrogen-bond donors (Lipinski definition) is 1. The highest BCUT2D eigenvalue weighted by molar-refractivity contribution is 5.99. The molecule has 4 nitrogen and oxygen atoms in total. The van der Waals surface area contributed by atoms with Gasteiger partial charge in [0.05, 0.1) is 0 Å². The molecule has 4 heteroatoms. The lowest BCUT2D eigenvalue weighted by atomic mass is 9.82. The van der Waals surface area contributed by atoms with E-state index in [1.807, 2.05) is 20.8 Å². The Morgan fingerprint density at radius 1 is 1.18 bits per heavy atom. The monoisotopic (exact) mass is 244 g/mol. The second-order valence-electron chi connectivity index (χ2n) is 4.59. The van der Waals surface area contributed by atoms with E-state index in [4.69, 9.17) is 4.74 Å². The zero-order chi connectivity index (χ0) is 13.6. The van der Waals surface area contributed by atoms with Crippen LogP contribution >= 0.6 is 0 Å². The largest absolute Gasteiger partial charge is 0.480 e. The fourth-order valence-corrected chi connectivity index (χ4v) is 1.66. The Balaban J connectivity index is 4.82. The van der Waals surface area contributed by atoms with Crippen LogP contribution in [0.15, 0.2) is 0 Å². The summed E-state index contributed by atoms with van der Waals surface area (Å²) in [4.78, 5) is 23.2. The second-order valence-corrected chi connectivity index (χ2v) is 4.59. The number of carboxylic acid groups (broad SMARTS) is 1. The molecule has 0 heterocycles. The molecule has 0 radical (unpaired) electrons. The summed E-state index contributed by atoms with van der Waals surface area (Å²) in [5, 5.41) is 9.20. The molecule has 1 N–H and O–H groups in total. The molecule has 0 fully saturated rings. The van der Waals surface area contributed by atoms with Gasteiger partial charge in [0.2, 0.25) is 0 Å². The molecule has 0 aliphatic carbocycles. The number of esters is 1. The lowest BCUT2D eigenvalue weighted by molar-refractivity contribution is -0.174. The van der Waals surface area contributed by atoms with Crippen LogP contribution in [0.1, 0.15) is 53.9 Å². The van der Waals surface area contributed by atoms with Gasteiger partial charge in [-0.1, -0.05) is 34.1 Å². The third kappa shape index (κ3) is 3.45. The van der Waals surface area contributed by atoms with Gasteiger partial charge in [0.15, 0.2) is 5.41 Å². The Morgan fingerprint density at radius 2 is 1.65 bits per heavy atom. The van der Waals surface area contributed by atoms with Crippen molar-refractivity contribution in [2.45, 2.75) is 60.0 Å². The topological polar surface area (TPSA) is 63.6 Å². The highest BCUT2D eigenvalue weighted by Gasteiger charge is 2.45. The maximum Gasteiger partial charge on any atom is 0.323 e. The first kappa shape index (κ1) is 15.9. The minimum atomic E-state index is -1.39. The van der Waals surface area contributed by atoms with Crippen LogP contribution in [0.25, 0.3) is 0 Å². The lowest BCUT2D eigenvalue weighted by Crippen LogP contribution is -2.41. The number of hydrogen-bond acceptors (Lipinski definition) is 3. The second kappa shape index (κ2) is 6.62. The Kier molecular flexibility index (Phi) is 6.21. The Hall–Kier alpha value is -1.06. The molecule has 0 rings (SSSR count). The van der Waals surface area contributed by atoms with Gasteiger partial charge in [-0.25, -0.2) is 0 Å². The van der Waals surface area contributed by atoms with E-state index in [1.165, 1.54) is 0 Å². The van der Waals surface area contributed by atoms with E-state index in [0.717, 1.165) is 6.42 Å². The highest BCUT2D eigenvalue weighted by Crippen LogP contribution is 2.30. The molecule has 0 aromatic rings. The van der Waals surface area contributed by atoms with Crippen LogP contribution in [0.2, 0.25) is 0 Å². The summed E-state index contributed by atoms with van der Waals surface area (Å²) in [5.41, 5.74) is -1.39. The number of rotatable bonds is 7. The maximum atomic E-state index is 12.0. The van der Waals surface area contributed by atoms with Crippen molar-refractivity contribution < 1.29 is 19.4 Å². The van der Waals surface area contributed by atoms with Crippen molar-refractivity contribution in [3.05, 3.63) is 0 Å². The van der Waals surface area contributed by atoms with E-state index in [2.05, 4.69) is 0 Å². The number of carboxylic acids is 1. The molecule has 17 heavy (non-hydrogen) atoms. The quantitative estimate of drug-likeness (QED) is 0.552. The number of carbonyl (C=O) groups excluding carboxylic acids is 1. The van der Waals surface area contributed by atoms with E-state index in [0.29, 0.717) is 0 Å². The van der Waals surface area contributed by atoms with Crippen LogP contribution in [-0.2, 0) is 14.3 Å². The first-order chi connectivity index (χ1) is 7.85. The summed E-state index contributed by atoms with van der Waals surface area (Å²) in [6.07, 6.45) is 1.16. The van der Waals surface area contributed by atoms with Crippen molar-refractivity contribution in [1.29, 1.82) is 0 Å². The van der Waals surface area contributed by atoms with Crippen LogP contribution < -0.4 is 0 Å². The zero-order valence-electron chi connectivity index (χ0n) is 11.4. The predicted octanol–water partition coefficient (Wildman–Crippen LogP) is 2.86. The van der Waals surface area contributed by atoms with Gasteiger partial charge in [-0.15, -0.1) is 0 Å². The van der Waals surface area contributed by atoms with Crippen molar-refractivity contribution in [3.8, 4) is 0 Å². The molecule has 0 spiro atoms. The van der Waals surface area contributed by atoms with E-state index in [-0.39, 0.29) is 24.9 Å². The van der Waals surface area contributed by atoms with Crippen LogP contribution in [0.4, 0.5) is 0 Å². The normalized spacial score (nSPS) is 15.1. The molecule has 0 saturated carbocycles. The zero-order valence-corrected chi connectivity index (χ0v) is 11.4. The minimum Gasteiger partial charge on any atom is -0.480 e. The standard InChI is InChI=1S/C13H24O4/c1-6-9(4)10(5)17-12(16)13(7-2,8-3)11(14)15/h9-10H,6-8H2,1-5H3,(H,14,15). The van der Waals surface area contributed by atoms with Gasteiger partial charge in [0.1, 0.15) is 6.10 Å². The minimum absolute atomic E-state index is 0.235. The summed E-state index contributed by atoms with van der Waals surface area (Å²) >= 11 is 0. The maximum absolute atomic E-state index is 12.0. The molecule has 0 aliphatic heterocycles. The third-order valence-electron chi connectivity index (χ3n) is 3.75. The van der Waals surface area contributed by atoms with Crippen LogP contribution in [0.5, 0.6) is 0 Å². The Labute approximate surface area is 103 Å². The average Bonchev–Trinajstić information content (AvgIpc) is 2.29. The van der Waals surface area contributed by atoms with Gasteiger partial charge in [-0.3, -0.25) is 9.59 Å². The molecule has 0 amide bonds. The fourth-order valence-electron chi connectivity index (χ4n) is 1.66. The van der Waals surface area contributed by atoms with Gasteiger partial charge in [0.25, 0.3) is 0 Å². The summed E-state index contributed by atoms with van der Waals surface area (Å²) in [6.45, 7) is 9.21. The molecule has 0 aromatic carbocycles. The SMILES string of the molecule is CCC(C)C(C)OC(=O)C(CC)(CC)C(=O)O. The van der Waals surface area contributed by atoms with Crippen molar-refractivity contribution in [2.24, 2.45) is 11.3 Å². The van der Waals surface area contributed by atoms with E-state index in [9.17, 15) is 14.7 Å². The summed E-state index contributed by atoms with van der Waals surface area (Å²) in [7, 11) is 0. The Bertz CT molecular complexity index is 269. The van der Waals surface area contributed by atoms with Gasteiger partial charge in [-0.05, 0) is 25.7 Å². The highest BCUT2D eigenvalue weighted by atomic mass is 16.5. The molecule has 2 atom stereocenters. The van der Waals surface area contributed by atoms with E-state index in [1.54, 1.807) is 13.8 Å². The van der Waals surface area contributed by atoms with Crippen LogP contribution in [0.3, 0.4) is 0 Å². The lowest BCUT2D eigenvalue weighted by Gasteiger charge is -2.28. The number of aliphatic carboxylic acids is 1. The molecule has 2 unspecified atom stereocenters. The van der Waals surface area contributed by atoms with Gasteiger partial charge >= 0.3 is 11.9 Å². The molecule has 0 saturated heterocycles. The first-order valence-electron chi connectivity index (χ1n) is 6.30. The van der Waals surface area contributed by atoms with Gasteiger partial charge in [-0.2, -0.15) is 0 Å². The van der Waals surface area contributed by atoms with Crippen LogP contribution in [-0.4, -0.2) is 23.1 Å². The summed E-state index contributed by atoms with van der Waals surface area (Å²) in [6, 6.07) is 0. The number of ether oxygens (including phenoxy) is 1. The molecule has 100 valence electrons. The van der Waals surface area contributed by atoms with Crippen molar-refractivity contribution in [2.75, 3.05) is 0 Å². The van der Waals surface area contributed by atoms with Crippen molar-refractivity contribution in [1.82, 2.24) is 0 Å². The average molecular weight is 244 g/mol. The fraction of sp³-hybridized carbons (Fsp3) is 0.846. The van der Waals surface area contributed by atoms with Crippen molar-refractivity contribution >= 4 is 11.9 Å². The Morgan fingerprint density at radius 3 is 1.94 bits per heavy atom. The first-order valence-corrected chi connectivity index (χ1v) is 6.30. The third-order valence-corrected chi connectivity index (χ3v) is 3.75. The van der Waals surface area contributed by atoms with E-state index >= 15 is 0 Å². The van der Waals surface area contributed by atoms with Gasteiger partial charge in [0, 0.05) is 0 Å². The number of carbonyl (C=O) groups is 2. The smallest absolute Gasteiger partial charge is 0.323 e. The summed E-state index contributed by atoms with van der Waals surface area (Å²) < 4.78 is 5.29. The molecular formula is C13H24O4. The predicted molar refractivity (Wildman–Crippen MR) is 65.7 cm³/mol. The van der Waals surface area contributed by atoms with E-state index < -0.39 is 17.4 Å². The summed E-state index contributed by atoms with van der Waals surface area (Å²) in [5.74, 6) is -1.47. The van der Waals surface area contributed by atoms with Gasteiger partial charge < -0.3 is 9.84 Å². The molecule has 0 bridgehead atoms. The molecule has 0 aliphatic rings. The molecular weight excluding hydrogens is 220 g/mol. The molecule has 0 aromatic heterocycles. The van der Waals surface area contributed by atoms with Crippen molar-refractivity contribution in [3.63, 3.8) is 0 Å². The van der Waals surface area contributed by atoms with Crippen LogP contribution in [0, 0.1) is 11.3 Å².